The van der Waals surface area contributed by atoms with E-state index in [1.54, 1.807) is 0 Å². The molecule has 0 heterocycles. The fourth-order valence-electron chi connectivity index (χ4n) is 2.40. The van der Waals surface area contributed by atoms with Crippen LogP contribution < -0.4 is 0 Å². The van der Waals surface area contributed by atoms with Gasteiger partial charge in [0.1, 0.15) is 0 Å². The molecule has 0 aromatic rings. The van der Waals surface area contributed by atoms with E-state index in [0.29, 0.717) is 6.54 Å². The highest BCUT2D eigenvalue weighted by Crippen LogP contribution is 2.12. The van der Waals surface area contributed by atoms with Gasteiger partial charge in [0.25, 0.3) is 0 Å². The van der Waals surface area contributed by atoms with E-state index in [-0.39, 0.29) is 6.54 Å². The minimum Gasteiger partial charge on any atom is -0.785 e. The van der Waals surface area contributed by atoms with Crippen LogP contribution in [0.1, 0.15) is 84.0 Å². The van der Waals surface area contributed by atoms with Gasteiger partial charge in [-0.2, -0.15) is 0 Å². The first-order valence-electron chi connectivity index (χ1n) is 8.45. The predicted molar refractivity (Wildman–Crippen MR) is 84.2 cm³/mol. The molecule has 0 fully saturated rings. The molecule has 0 atom stereocenters. The number of nitrogens with zero attached hydrogens (tertiary/aromatic N) is 1. The summed E-state index contributed by atoms with van der Waals surface area (Å²) in [6.07, 6.45) is 13.7. The summed E-state index contributed by atoms with van der Waals surface area (Å²) in [6.45, 7) is 2.46. The fourth-order valence-corrected chi connectivity index (χ4v) is 2.40. The van der Waals surface area contributed by atoms with Crippen molar-refractivity contribution in [2.24, 2.45) is 0 Å². The second-order valence-corrected chi connectivity index (χ2v) is 5.76. The van der Waals surface area contributed by atoms with Crippen LogP contribution in [0.5, 0.6) is 0 Å². The minimum atomic E-state index is -1.51. The number of unbranched alkanes of at least 4 members (excludes halogenated alkanes) is 11. The maximum atomic E-state index is 11.1. The Bertz CT molecular complexity index is 189. The predicted octanol–water partition coefficient (Wildman–Crippen LogP) is 3.80. The molecule has 2 N–H and O–H groups in total. The zero-order valence-electron chi connectivity index (χ0n) is 13.2. The van der Waals surface area contributed by atoms with Gasteiger partial charge in [-0.25, -0.2) is 0 Å². The minimum absolute atomic E-state index is 0.196. The molecule has 0 unspecified atom stereocenters. The first-order valence-corrected chi connectivity index (χ1v) is 8.45. The number of hydrogen-bond donors (Lipinski definition) is 2. The molecule has 0 aliphatic heterocycles. The molecule has 0 bridgehead atoms. The van der Waals surface area contributed by atoms with Gasteiger partial charge in [-0.15, -0.1) is 0 Å². The van der Waals surface area contributed by atoms with Crippen molar-refractivity contribution in [2.45, 2.75) is 90.3 Å². The lowest BCUT2D eigenvalue weighted by atomic mass is 10.1. The quantitative estimate of drug-likeness (QED) is 0.273. The largest absolute Gasteiger partial charge is 0.785 e. The van der Waals surface area contributed by atoms with Gasteiger partial charge in [0.05, 0.1) is 0 Å². The SMILES string of the molecule is CCCCCCCCCCCCCCN([O-])CC(O)O. The molecule has 0 spiro atoms. The Kier molecular flexibility index (Phi) is 15.1. The molecule has 0 saturated heterocycles. The van der Waals surface area contributed by atoms with Crippen LogP contribution in [-0.2, 0) is 0 Å². The smallest absolute Gasteiger partial charge is 0.163 e. The topological polar surface area (TPSA) is 66.8 Å². The van der Waals surface area contributed by atoms with Gasteiger partial charge >= 0.3 is 0 Å². The molecule has 0 aromatic heterocycles. The molecule has 20 heavy (non-hydrogen) atoms. The number of hydrogen-bond acceptors (Lipinski definition) is 4. The summed E-state index contributed by atoms with van der Waals surface area (Å²) in [5.41, 5.74) is 0. The Labute approximate surface area is 124 Å². The molecule has 0 aromatic carbocycles. The Morgan fingerprint density at radius 3 is 1.55 bits per heavy atom. The van der Waals surface area contributed by atoms with Crippen molar-refractivity contribution >= 4 is 0 Å². The molecule has 4 nitrogen and oxygen atoms in total. The van der Waals surface area contributed by atoms with Crippen LogP contribution in [0.15, 0.2) is 0 Å². The van der Waals surface area contributed by atoms with E-state index in [1.807, 2.05) is 0 Å². The Morgan fingerprint density at radius 1 is 0.750 bits per heavy atom. The lowest BCUT2D eigenvalue weighted by Crippen LogP contribution is -2.28. The summed E-state index contributed by atoms with van der Waals surface area (Å²) in [4.78, 5) is 0. The highest BCUT2D eigenvalue weighted by Gasteiger charge is 1.99. The summed E-state index contributed by atoms with van der Waals surface area (Å²) >= 11 is 0. The first kappa shape index (κ1) is 19.8. The molecular weight excluding hydrogens is 254 g/mol. The Hall–Kier alpha value is -0.160. The molecule has 122 valence electrons. The van der Waals surface area contributed by atoms with E-state index >= 15 is 0 Å². The van der Waals surface area contributed by atoms with Crippen LogP contribution in [0, 0.1) is 5.21 Å². The number of aliphatic hydroxyl groups excluding tert-OH is 1. The molecule has 0 aliphatic rings. The number of aliphatic hydroxyl groups is 2. The van der Waals surface area contributed by atoms with Crippen LogP contribution in [0.25, 0.3) is 0 Å². The van der Waals surface area contributed by atoms with Crippen LogP contribution in [0.4, 0.5) is 0 Å². The van der Waals surface area contributed by atoms with E-state index in [2.05, 4.69) is 6.92 Å². The molecule has 0 rings (SSSR count). The van der Waals surface area contributed by atoms with E-state index < -0.39 is 6.29 Å². The van der Waals surface area contributed by atoms with Crippen molar-refractivity contribution in [3.05, 3.63) is 5.21 Å². The van der Waals surface area contributed by atoms with Gasteiger partial charge in [0.2, 0.25) is 0 Å². The molecular formula is C16H34NO3-. The molecule has 0 saturated carbocycles. The zero-order chi connectivity index (χ0) is 15.1. The molecule has 4 heteroatoms. The molecule has 0 aliphatic carbocycles. The second-order valence-electron chi connectivity index (χ2n) is 5.76. The maximum absolute atomic E-state index is 11.1. The van der Waals surface area contributed by atoms with Crippen molar-refractivity contribution in [3.63, 3.8) is 0 Å². The van der Waals surface area contributed by atoms with Gasteiger partial charge in [-0.05, 0) is 13.0 Å². The summed E-state index contributed by atoms with van der Waals surface area (Å²) in [7, 11) is 0. The van der Waals surface area contributed by atoms with Gasteiger partial charge in [0.15, 0.2) is 6.29 Å². The number of rotatable bonds is 15. The van der Waals surface area contributed by atoms with E-state index in [1.165, 1.54) is 64.2 Å². The fraction of sp³-hybridized carbons (Fsp3) is 1.00. The van der Waals surface area contributed by atoms with E-state index in [9.17, 15) is 5.21 Å². The third-order valence-electron chi connectivity index (χ3n) is 3.63. The van der Waals surface area contributed by atoms with Crippen LogP contribution in [-0.4, -0.2) is 34.7 Å². The zero-order valence-corrected chi connectivity index (χ0v) is 13.2. The average molecular weight is 288 g/mol. The van der Waals surface area contributed by atoms with Crippen LogP contribution in [0.2, 0.25) is 0 Å². The summed E-state index contributed by atoms with van der Waals surface area (Å²) in [6, 6.07) is 0. The highest BCUT2D eigenvalue weighted by atomic mass is 16.5. The third kappa shape index (κ3) is 15.9. The standard InChI is InChI=1S/C16H34NO3/c1-2-3-4-5-6-7-8-9-10-11-12-13-14-17(20)15-16(18)19/h16,18-19H,2-15H2,1H3/q-1. The van der Waals surface area contributed by atoms with Crippen molar-refractivity contribution in [1.29, 1.82) is 0 Å². The maximum Gasteiger partial charge on any atom is 0.163 e. The lowest BCUT2D eigenvalue weighted by Gasteiger charge is -2.28. The first-order chi connectivity index (χ1) is 9.66. The third-order valence-corrected chi connectivity index (χ3v) is 3.63. The van der Waals surface area contributed by atoms with Crippen molar-refractivity contribution < 1.29 is 10.2 Å². The Morgan fingerprint density at radius 2 is 1.15 bits per heavy atom. The monoisotopic (exact) mass is 288 g/mol. The van der Waals surface area contributed by atoms with Crippen LogP contribution >= 0.6 is 0 Å². The second kappa shape index (κ2) is 15.2. The van der Waals surface area contributed by atoms with Crippen LogP contribution in [0.3, 0.4) is 0 Å². The van der Waals surface area contributed by atoms with Crippen molar-refractivity contribution in [1.82, 2.24) is 5.06 Å². The Balaban J connectivity index is 3.06. The number of hydroxylamine groups is 2. The summed E-state index contributed by atoms with van der Waals surface area (Å²) < 4.78 is 0. The van der Waals surface area contributed by atoms with Gasteiger partial charge in [-0.3, -0.25) is 0 Å². The van der Waals surface area contributed by atoms with Crippen molar-refractivity contribution in [2.75, 3.05) is 13.1 Å². The van der Waals surface area contributed by atoms with Gasteiger partial charge < -0.3 is 20.5 Å². The normalized spacial score (nSPS) is 11.7. The molecule has 0 radical (unpaired) electrons. The van der Waals surface area contributed by atoms with Gasteiger partial charge in [-0.1, -0.05) is 77.6 Å². The van der Waals surface area contributed by atoms with Gasteiger partial charge in [0, 0.05) is 6.54 Å². The van der Waals surface area contributed by atoms with E-state index in [4.69, 9.17) is 10.2 Å². The molecule has 0 amide bonds. The average Bonchev–Trinajstić information content (AvgIpc) is 2.39. The van der Waals surface area contributed by atoms with E-state index in [0.717, 1.165) is 17.9 Å². The lowest BCUT2D eigenvalue weighted by molar-refractivity contribution is -0.0542. The summed E-state index contributed by atoms with van der Waals surface area (Å²) in [5, 5.41) is 29.1. The van der Waals surface area contributed by atoms with Crippen molar-refractivity contribution in [3.8, 4) is 0 Å². The highest BCUT2D eigenvalue weighted by molar-refractivity contribution is 4.58. The summed E-state index contributed by atoms with van der Waals surface area (Å²) in [5.74, 6) is 0.